The van der Waals surface area contributed by atoms with Crippen LogP contribution in [-0.2, 0) is 30.7 Å². The molecule has 0 aliphatic heterocycles. The SMILES string of the molecule is CC(C)C1[C-]=CC(C(C)(C)C)=C1.Cl.Cl.Clc1c[c-]ccc1.Clc1c[c-]ccc1.[CH2]=[Zr].[c-]1c(-c2ccccc2)ccc2c1Cc1cc(-c3ccccc3)ccc1-2. The van der Waals surface area contributed by atoms with Crippen LogP contribution < -0.4 is 0 Å². The fourth-order valence-corrected chi connectivity index (χ4v) is 6.06. The number of rotatable bonds is 3. The summed E-state index contributed by atoms with van der Waals surface area (Å²) in [6.07, 6.45) is 8.87. The maximum Gasteiger partial charge on any atom is -0.0181 e. The number of hydrogen-bond donors (Lipinski definition) is 0. The fraction of sp³-hybridized carbons (Fsp3) is 0.180. The van der Waals surface area contributed by atoms with Crippen molar-refractivity contribution in [3.8, 4) is 33.4 Å². The summed E-state index contributed by atoms with van der Waals surface area (Å²) >= 11 is 12.3. The first-order chi connectivity index (χ1) is 25.6. The predicted molar refractivity (Wildman–Crippen MR) is 240 cm³/mol. The fourth-order valence-electron chi connectivity index (χ4n) is 5.79. The molecule has 8 rings (SSSR count). The second-order valence-electron chi connectivity index (χ2n) is 13.9. The number of halogens is 4. The Balaban J connectivity index is 0.000000291. The van der Waals surface area contributed by atoms with Crippen molar-refractivity contribution in [3.05, 3.63) is 203 Å². The molecule has 55 heavy (non-hydrogen) atoms. The van der Waals surface area contributed by atoms with Crippen LogP contribution in [0.25, 0.3) is 33.4 Å². The van der Waals surface area contributed by atoms with Crippen molar-refractivity contribution < 1.29 is 24.2 Å². The molecule has 0 heterocycles. The number of benzene rings is 6. The molecule has 0 spiro atoms. The molecule has 284 valence electrons. The maximum atomic E-state index is 5.51. The van der Waals surface area contributed by atoms with Gasteiger partial charge < -0.3 is 0 Å². The van der Waals surface area contributed by atoms with Crippen LogP contribution in [0.3, 0.4) is 0 Å². The average Bonchev–Trinajstić information content (AvgIpc) is 3.84. The van der Waals surface area contributed by atoms with E-state index in [-0.39, 0.29) is 30.2 Å². The van der Waals surface area contributed by atoms with E-state index in [4.69, 9.17) is 23.2 Å². The van der Waals surface area contributed by atoms with Crippen LogP contribution in [-0.4, -0.2) is 4.21 Å². The topological polar surface area (TPSA) is 0 Å². The molecule has 0 aromatic heterocycles. The molecule has 0 nitrogen and oxygen atoms in total. The van der Waals surface area contributed by atoms with E-state index in [2.05, 4.69) is 166 Å². The van der Waals surface area contributed by atoms with E-state index in [1.54, 1.807) is 12.1 Å². The molecule has 0 amide bonds. The zero-order valence-corrected chi connectivity index (χ0v) is 37.7. The second kappa shape index (κ2) is 24.4. The summed E-state index contributed by atoms with van der Waals surface area (Å²) in [4.78, 5) is 0. The van der Waals surface area contributed by atoms with E-state index >= 15 is 0 Å². The molecule has 0 saturated heterocycles. The third-order valence-corrected chi connectivity index (χ3v) is 9.16. The molecule has 5 heteroatoms. The van der Waals surface area contributed by atoms with Crippen molar-refractivity contribution in [3.63, 3.8) is 0 Å². The molecule has 0 fully saturated rings. The Morgan fingerprint density at radius 2 is 1.22 bits per heavy atom. The summed E-state index contributed by atoms with van der Waals surface area (Å²) in [5, 5.41) is 1.48. The average molecular weight is 882 g/mol. The molecule has 0 radical (unpaired) electrons. The van der Waals surface area contributed by atoms with Gasteiger partial charge in [0.05, 0.1) is 0 Å². The maximum absolute atomic E-state index is 5.51. The molecule has 1 atom stereocenters. The zero-order valence-electron chi connectivity index (χ0n) is 32.1. The van der Waals surface area contributed by atoms with Gasteiger partial charge in [0.15, 0.2) is 0 Å². The van der Waals surface area contributed by atoms with Gasteiger partial charge in [-0.1, -0.05) is 157 Å². The second-order valence-corrected chi connectivity index (χ2v) is 14.8. The van der Waals surface area contributed by atoms with E-state index < -0.39 is 0 Å². The molecule has 6 aromatic rings. The first-order valence-corrected chi connectivity index (χ1v) is 20.3. The largest absolute Gasteiger partial charge is 0.143 e. The Kier molecular flexibility index (Phi) is 21.2. The van der Waals surface area contributed by atoms with Crippen molar-refractivity contribution in [1.82, 2.24) is 0 Å². The van der Waals surface area contributed by atoms with E-state index in [0.29, 0.717) is 11.8 Å². The minimum absolute atomic E-state index is 0. The van der Waals surface area contributed by atoms with Crippen LogP contribution >= 0.6 is 48.0 Å². The summed E-state index contributed by atoms with van der Waals surface area (Å²) < 4.78 is 3.34. The van der Waals surface area contributed by atoms with Crippen molar-refractivity contribution in [1.29, 1.82) is 0 Å². The van der Waals surface area contributed by atoms with Gasteiger partial charge in [-0.05, 0) is 23.1 Å². The molecule has 0 saturated carbocycles. The quantitative estimate of drug-likeness (QED) is 0.155. The monoisotopic (exact) mass is 878 g/mol. The minimum Gasteiger partial charge on any atom is -0.143 e. The molecule has 1 unspecified atom stereocenters. The Hall–Kier alpha value is -3.29. The zero-order chi connectivity index (χ0) is 38.2. The van der Waals surface area contributed by atoms with Crippen LogP contribution in [0.15, 0.2) is 157 Å². The van der Waals surface area contributed by atoms with Crippen molar-refractivity contribution in [2.45, 2.75) is 41.0 Å². The van der Waals surface area contributed by atoms with Gasteiger partial charge in [-0.2, -0.15) is 95.5 Å². The minimum atomic E-state index is 0. The molecule has 2 aliphatic carbocycles. The van der Waals surface area contributed by atoms with Crippen LogP contribution in [0.5, 0.6) is 0 Å². The molecule has 6 aromatic carbocycles. The third kappa shape index (κ3) is 15.0. The summed E-state index contributed by atoms with van der Waals surface area (Å²) in [6, 6.07) is 56.1. The van der Waals surface area contributed by atoms with Crippen LogP contribution in [0.1, 0.15) is 45.7 Å². The van der Waals surface area contributed by atoms with Gasteiger partial charge in [0.1, 0.15) is 0 Å². The van der Waals surface area contributed by atoms with Gasteiger partial charge in [0.25, 0.3) is 0 Å². The van der Waals surface area contributed by atoms with E-state index in [1.165, 1.54) is 74.3 Å². The van der Waals surface area contributed by atoms with Gasteiger partial charge in [-0.15, -0.1) is 54.1 Å². The Bertz CT molecular complexity index is 1930. The van der Waals surface area contributed by atoms with Crippen LogP contribution in [0.2, 0.25) is 10.0 Å². The van der Waals surface area contributed by atoms with E-state index in [1.807, 2.05) is 36.4 Å². The summed E-state index contributed by atoms with van der Waals surface area (Å²) in [5.41, 5.74) is 12.1. The summed E-state index contributed by atoms with van der Waals surface area (Å²) in [6.45, 7) is 11.2. The van der Waals surface area contributed by atoms with Gasteiger partial charge in [-0.3, -0.25) is 6.08 Å². The predicted octanol–water partition coefficient (Wildman–Crippen LogP) is 15.1. The normalized spacial score (nSPS) is 12.8. The Morgan fingerprint density at radius 1 is 0.673 bits per heavy atom. The van der Waals surface area contributed by atoms with Crippen molar-refractivity contribution in [2.24, 2.45) is 17.3 Å². The van der Waals surface area contributed by atoms with Crippen LogP contribution in [0, 0.1) is 41.5 Å². The number of hydrogen-bond acceptors (Lipinski definition) is 0. The molecule has 2 aliphatic rings. The van der Waals surface area contributed by atoms with E-state index in [0.717, 1.165) is 16.5 Å². The summed E-state index contributed by atoms with van der Waals surface area (Å²) in [7, 11) is 0. The smallest absolute Gasteiger partial charge is 0.0181 e. The summed E-state index contributed by atoms with van der Waals surface area (Å²) in [5.74, 6) is 1.22. The third-order valence-electron chi connectivity index (χ3n) is 8.69. The molecule has 0 N–H and O–H groups in total. The first-order valence-electron chi connectivity index (χ1n) is 17.8. The first kappa shape index (κ1) is 47.9. The standard InChI is InChI=1S/C25H17.C12H19.2C6H4Cl.CH2.2ClH.Zr/c1-3-7-18(8-4-1)20-11-13-24-22(15-20)17-23-16-21(12-14-25(23)24)19-9-5-2-6-10-19;1-9(2)10-6-7-11(8-10)12(3,4)5;2*7-6-4-2-1-3-5-6;;;;/h1-15H,17H2;7-10H,1-5H3;2*1-2,4-5H;1H2;2*1H;/q4*-1;;;;. The van der Waals surface area contributed by atoms with E-state index in [9.17, 15) is 0 Å². The van der Waals surface area contributed by atoms with Crippen LogP contribution in [0.4, 0.5) is 0 Å². The molecular weight excluding hydrogens is 834 g/mol. The van der Waals surface area contributed by atoms with Crippen molar-refractivity contribution in [2.75, 3.05) is 0 Å². The van der Waals surface area contributed by atoms with Gasteiger partial charge in [0, 0.05) is 0 Å². The Labute approximate surface area is 367 Å². The molecule has 0 bridgehead atoms. The van der Waals surface area contributed by atoms with Gasteiger partial charge in [-0.25, -0.2) is 6.08 Å². The number of allylic oxidation sites excluding steroid dienone is 4. The molecular formula is C50H48Cl4Zr-4. The Morgan fingerprint density at radius 3 is 1.65 bits per heavy atom. The van der Waals surface area contributed by atoms with Gasteiger partial charge >= 0.3 is 28.4 Å². The number of fused-ring (bicyclic) bond motifs is 3. The van der Waals surface area contributed by atoms with Crippen molar-refractivity contribution >= 4 is 52.2 Å². The van der Waals surface area contributed by atoms with Gasteiger partial charge in [0.2, 0.25) is 0 Å².